The molecule has 1 unspecified atom stereocenters. The van der Waals surface area contributed by atoms with Crippen LogP contribution in [0.1, 0.15) is 72.3 Å². The van der Waals surface area contributed by atoms with Gasteiger partial charge in [0.25, 0.3) is 5.91 Å². The summed E-state index contributed by atoms with van der Waals surface area (Å²) in [6.07, 6.45) is 9.19. The molecule has 8 heteroatoms. The molecule has 41 heavy (non-hydrogen) atoms. The number of benzene rings is 2. The van der Waals surface area contributed by atoms with Gasteiger partial charge in [-0.3, -0.25) is 24.6 Å². The molecule has 4 rings (SSSR count). The van der Waals surface area contributed by atoms with Crippen molar-refractivity contribution in [3.05, 3.63) is 94.6 Å². The van der Waals surface area contributed by atoms with E-state index in [0.717, 1.165) is 43.4 Å². The van der Waals surface area contributed by atoms with Gasteiger partial charge in [0.05, 0.1) is 23.8 Å². The van der Waals surface area contributed by atoms with Crippen molar-refractivity contribution in [1.29, 1.82) is 0 Å². The maximum absolute atomic E-state index is 13.5. The van der Waals surface area contributed by atoms with Crippen molar-refractivity contribution in [3.8, 4) is 0 Å². The van der Waals surface area contributed by atoms with Gasteiger partial charge in [-0.15, -0.1) is 11.3 Å². The Morgan fingerprint density at radius 1 is 1.07 bits per heavy atom. The highest BCUT2D eigenvalue weighted by molar-refractivity contribution is 7.17. The molecule has 1 aliphatic carbocycles. The molecule has 0 spiro atoms. The van der Waals surface area contributed by atoms with E-state index in [2.05, 4.69) is 75.7 Å². The highest BCUT2D eigenvalue weighted by Gasteiger charge is 2.33. The Balaban J connectivity index is 1.71. The van der Waals surface area contributed by atoms with E-state index in [1.54, 1.807) is 17.5 Å². The standard InChI is InChI=1S/C33H41N5O2S/c1-4-6-20-35-32(40)31-28-23-27(18-19-29(28)41-33(31)36-30(39)13-5-2)37(22-21-34-3)38(26-16-11-8-12-17-26)24-25-14-9-7-10-15-25/h7-12,14-17,21-22,27H,3-6,13,18-20,23-24H2,1-2H3,(H,35,40)(H,36,39)/b22-21-. The zero-order chi connectivity index (χ0) is 29.0. The molecule has 2 amide bonds. The Hall–Kier alpha value is -3.91. The van der Waals surface area contributed by atoms with Crippen LogP contribution in [0.15, 0.2) is 78.1 Å². The van der Waals surface area contributed by atoms with Crippen LogP contribution in [-0.2, 0) is 24.2 Å². The number of fused-ring (bicyclic) bond motifs is 1. The molecular weight excluding hydrogens is 530 g/mol. The highest BCUT2D eigenvalue weighted by atomic mass is 32.1. The van der Waals surface area contributed by atoms with Gasteiger partial charge in [0, 0.05) is 30.2 Å². The number of carbonyl (C=O) groups excluding carboxylic acids is 2. The SMILES string of the molecule is C=N/C=C\N(C1CCc2sc(NC(=O)CCC)c(C(=O)NCCCC)c2C1)N(Cc1ccccc1)c1ccccc1. The number of nitrogens with one attached hydrogen (secondary N) is 2. The number of anilines is 2. The minimum atomic E-state index is -0.109. The molecule has 7 nitrogen and oxygen atoms in total. The summed E-state index contributed by atoms with van der Waals surface area (Å²) in [5.74, 6) is -0.160. The van der Waals surface area contributed by atoms with E-state index >= 15 is 0 Å². The third kappa shape index (κ3) is 7.85. The molecule has 1 aliphatic rings. The van der Waals surface area contributed by atoms with Crippen molar-refractivity contribution in [2.45, 2.75) is 71.4 Å². The lowest BCUT2D eigenvalue weighted by atomic mass is 9.90. The molecule has 0 aliphatic heterocycles. The van der Waals surface area contributed by atoms with Crippen LogP contribution in [0.2, 0.25) is 0 Å². The molecule has 216 valence electrons. The number of aliphatic imine (C=N–C) groups is 1. The van der Waals surface area contributed by atoms with Crippen molar-refractivity contribution in [2.24, 2.45) is 4.99 Å². The Morgan fingerprint density at radius 2 is 1.80 bits per heavy atom. The molecule has 2 N–H and O–H groups in total. The van der Waals surface area contributed by atoms with Gasteiger partial charge < -0.3 is 10.6 Å². The van der Waals surface area contributed by atoms with E-state index in [9.17, 15) is 9.59 Å². The number of hydrogen-bond donors (Lipinski definition) is 2. The van der Waals surface area contributed by atoms with Crippen LogP contribution in [0.3, 0.4) is 0 Å². The summed E-state index contributed by atoms with van der Waals surface area (Å²) in [5.41, 5.74) is 3.90. The van der Waals surface area contributed by atoms with Crippen molar-refractivity contribution >= 4 is 40.6 Å². The molecule has 0 fully saturated rings. The van der Waals surface area contributed by atoms with E-state index in [4.69, 9.17) is 0 Å². The quantitative estimate of drug-likeness (QED) is 0.124. The number of aryl methyl sites for hydroxylation is 1. The van der Waals surface area contributed by atoms with Gasteiger partial charge in [-0.2, -0.15) is 0 Å². The van der Waals surface area contributed by atoms with Crippen molar-refractivity contribution < 1.29 is 9.59 Å². The Bertz CT molecular complexity index is 1320. The largest absolute Gasteiger partial charge is 0.352 e. The Labute approximate surface area is 248 Å². The summed E-state index contributed by atoms with van der Waals surface area (Å²) >= 11 is 1.55. The number of amides is 2. The smallest absolute Gasteiger partial charge is 0.254 e. The lowest BCUT2D eigenvalue weighted by Crippen LogP contribution is -2.47. The number of hydrazine groups is 1. The van der Waals surface area contributed by atoms with Crippen LogP contribution in [0, 0.1) is 0 Å². The van der Waals surface area contributed by atoms with E-state index in [0.29, 0.717) is 36.5 Å². The number of para-hydroxylation sites is 1. The number of nitrogens with zero attached hydrogens (tertiary/aromatic N) is 3. The van der Waals surface area contributed by atoms with Gasteiger partial charge in [0.15, 0.2) is 0 Å². The van der Waals surface area contributed by atoms with Crippen molar-refractivity contribution in [3.63, 3.8) is 0 Å². The first-order chi connectivity index (χ1) is 20.0. The second-order valence-corrected chi connectivity index (χ2v) is 11.4. The molecule has 1 heterocycles. The van der Waals surface area contributed by atoms with Gasteiger partial charge in [0.1, 0.15) is 5.00 Å². The van der Waals surface area contributed by atoms with Gasteiger partial charge in [0.2, 0.25) is 5.91 Å². The topological polar surface area (TPSA) is 77.0 Å². The highest BCUT2D eigenvalue weighted by Crippen LogP contribution is 2.40. The molecule has 0 bridgehead atoms. The summed E-state index contributed by atoms with van der Waals surface area (Å²) in [6.45, 7) is 9.05. The predicted octanol–water partition coefficient (Wildman–Crippen LogP) is 6.97. The fraction of sp³-hybridized carbons (Fsp3) is 0.364. The molecular formula is C33H41N5O2S. The summed E-state index contributed by atoms with van der Waals surface area (Å²) in [7, 11) is 0. The van der Waals surface area contributed by atoms with Crippen LogP contribution in [0.5, 0.6) is 0 Å². The minimum absolute atomic E-state index is 0.0509. The summed E-state index contributed by atoms with van der Waals surface area (Å²) < 4.78 is 0. The second kappa shape index (κ2) is 15.2. The molecule has 3 aromatic rings. The average molecular weight is 572 g/mol. The summed E-state index contributed by atoms with van der Waals surface area (Å²) in [6, 6.07) is 20.8. The third-order valence-electron chi connectivity index (χ3n) is 7.22. The first-order valence-corrected chi connectivity index (χ1v) is 15.4. The average Bonchev–Trinajstić information content (AvgIpc) is 3.35. The fourth-order valence-corrected chi connectivity index (χ4v) is 6.44. The van der Waals surface area contributed by atoms with E-state index in [-0.39, 0.29) is 17.9 Å². The summed E-state index contributed by atoms with van der Waals surface area (Å²) in [5, 5.41) is 11.3. The van der Waals surface area contributed by atoms with Crippen molar-refractivity contribution in [1.82, 2.24) is 10.3 Å². The van der Waals surface area contributed by atoms with Crippen LogP contribution < -0.4 is 15.6 Å². The monoisotopic (exact) mass is 571 g/mol. The van der Waals surface area contributed by atoms with Crippen LogP contribution in [0.4, 0.5) is 10.7 Å². The Kier molecular flexibility index (Phi) is 11.1. The first-order valence-electron chi connectivity index (χ1n) is 14.6. The normalized spacial score (nSPS) is 14.3. The molecule has 0 saturated carbocycles. The van der Waals surface area contributed by atoms with Gasteiger partial charge in [-0.1, -0.05) is 68.8 Å². The zero-order valence-corrected chi connectivity index (χ0v) is 25.0. The predicted molar refractivity (Wildman–Crippen MR) is 171 cm³/mol. The third-order valence-corrected chi connectivity index (χ3v) is 8.42. The second-order valence-electron chi connectivity index (χ2n) is 10.3. The van der Waals surface area contributed by atoms with Gasteiger partial charge in [-0.05, 0) is 62.1 Å². The molecule has 1 atom stereocenters. The lowest BCUT2D eigenvalue weighted by molar-refractivity contribution is -0.116. The number of thiophene rings is 1. The van der Waals surface area contributed by atoms with Gasteiger partial charge in [-0.25, -0.2) is 0 Å². The minimum Gasteiger partial charge on any atom is -0.352 e. The lowest BCUT2D eigenvalue weighted by Gasteiger charge is -2.42. The van der Waals surface area contributed by atoms with Crippen molar-refractivity contribution in [2.75, 3.05) is 16.9 Å². The Morgan fingerprint density at radius 3 is 2.49 bits per heavy atom. The fourth-order valence-electron chi connectivity index (χ4n) is 5.18. The van der Waals surface area contributed by atoms with E-state index in [1.165, 1.54) is 10.4 Å². The number of rotatable bonds is 14. The molecule has 1 aromatic heterocycles. The number of carbonyl (C=O) groups is 2. The van der Waals surface area contributed by atoms with Crippen LogP contribution in [0.25, 0.3) is 0 Å². The van der Waals surface area contributed by atoms with Gasteiger partial charge >= 0.3 is 0 Å². The molecule has 0 radical (unpaired) electrons. The maximum Gasteiger partial charge on any atom is 0.254 e. The van der Waals surface area contributed by atoms with E-state index in [1.807, 2.05) is 37.4 Å². The summed E-state index contributed by atoms with van der Waals surface area (Å²) in [4.78, 5) is 31.3. The van der Waals surface area contributed by atoms with Crippen LogP contribution in [-0.4, -0.2) is 36.1 Å². The van der Waals surface area contributed by atoms with E-state index < -0.39 is 0 Å². The molecule has 2 aromatic carbocycles. The first kappa shape index (κ1) is 30.1. The van der Waals surface area contributed by atoms with Crippen LogP contribution >= 0.6 is 11.3 Å². The number of unbranched alkanes of at least 4 members (excludes halogenated alkanes) is 1. The number of hydrogen-bond acceptors (Lipinski definition) is 6. The maximum atomic E-state index is 13.5. The zero-order valence-electron chi connectivity index (χ0n) is 24.1. The molecule has 0 saturated heterocycles.